The summed E-state index contributed by atoms with van der Waals surface area (Å²) < 4.78 is 41.1. The fourth-order valence-electron chi connectivity index (χ4n) is 3.51. The van der Waals surface area contributed by atoms with Crippen LogP contribution in [0.1, 0.15) is 29.5 Å². The Bertz CT molecular complexity index is 1060. The van der Waals surface area contributed by atoms with Gasteiger partial charge in [0.05, 0.1) is 17.1 Å². The van der Waals surface area contributed by atoms with Gasteiger partial charge in [-0.1, -0.05) is 48.5 Å². The van der Waals surface area contributed by atoms with Crippen molar-refractivity contribution in [3.63, 3.8) is 0 Å². The zero-order valence-electron chi connectivity index (χ0n) is 16.8. The topological polar surface area (TPSA) is 82.0 Å². The number of nitrogens with one attached hydrogen (secondary N) is 1. The molecule has 0 fully saturated rings. The van der Waals surface area contributed by atoms with Crippen LogP contribution in [0.5, 0.6) is 0 Å². The SMILES string of the molecule is CC1=C(C(=O)O)C(c2ccccc2C(F)(F)F)C(C(=O)N(C)Cc2ccccc2)=NN1. The van der Waals surface area contributed by atoms with E-state index in [1.165, 1.54) is 37.1 Å². The molecular formula is C22H20F3N3O3. The van der Waals surface area contributed by atoms with Gasteiger partial charge in [-0.15, -0.1) is 0 Å². The molecule has 1 atom stereocenters. The number of halogens is 3. The van der Waals surface area contributed by atoms with Gasteiger partial charge in [0.15, 0.2) is 0 Å². The van der Waals surface area contributed by atoms with Crippen molar-refractivity contribution in [1.29, 1.82) is 0 Å². The lowest BCUT2D eigenvalue weighted by atomic mass is 9.81. The largest absolute Gasteiger partial charge is 0.478 e. The lowest BCUT2D eigenvalue weighted by Gasteiger charge is -2.29. The number of carboxylic acids is 1. The number of hydrogen-bond donors (Lipinski definition) is 2. The summed E-state index contributed by atoms with van der Waals surface area (Å²) in [6.45, 7) is 1.57. The Morgan fingerprint density at radius 2 is 1.71 bits per heavy atom. The van der Waals surface area contributed by atoms with Crippen molar-refractivity contribution in [3.8, 4) is 0 Å². The number of hydrogen-bond acceptors (Lipinski definition) is 4. The molecule has 1 aliphatic heterocycles. The lowest BCUT2D eigenvalue weighted by molar-refractivity contribution is -0.139. The summed E-state index contributed by atoms with van der Waals surface area (Å²) in [5.41, 5.74) is 1.32. The van der Waals surface area contributed by atoms with Crippen LogP contribution in [0, 0.1) is 0 Å². The van der Waals surface area contributed by atoms with Gasteiger partial charge in [-0.25, -0.2) is 4.79 Å². The third-order valence-electron chi connectivity index (χ3n) is 4.95. The molecule has 0 aliphatic carbocycles. The molecule has 2 aromatic rings. The van der Waals surface area contributed by atoms with Crippen LogP contribution in [0.4, 0.5) is 13.2 Å². The van der Waals surface area contributed by atoms with Crippen molar-refractivity contribution in [3.05, 3.63) is 82.6 Å². The van der Waals surface area contributed by atoms with Crippen molar-refractivity contribution in [2.45, 2.75) is 25.6 Å². The minimum absolute atomic E-state index is 0.0664. The first-order valence-corrected chi connectivity index (χ1v) is 9.34. The van der Waals surface area contributed by atoms with Crippen LogP contribution in [0.15, 0.2) is 71.0 Å². The summed E-state index contributed by atoms with van der Waals surface area (Å²) in [5.74, 6) is -3.59. The van der Waals surface area contributed by atoms with Gasteiger partial charge in [0, 0.05) is 19.3 Å². The molecule has 31 heavy (non-hydrogen) atoms. The van der Waals surface area contributed by atoms with Crippen molar-refractivity contribution in [2.75, 3.05) is 7.05 Å². The molecule has 0 saturated carbocycles. The summed E-state index contributed by atoms with van der Waals surface area (Å²) in [5, 5.41) is 13.7. The van der Waals surface area contributed by atoms with Gasteiger partial charge in [0.2, 0.25) is 0 Å². The maximum absolute atomic E-state index is 13.7. The average molecular weight is 431 g/mol. The highest BCUT2D eigenvalue weighted by molar-refractivity contribution is 6.42. The molecule has 1 unspecified atom stereocenters. The van der Waals surface area contributed by atoms with E-state index in [4.69, 9.17) is 0 Å². The zero-order chi connectivity index (χ0) is 22.8. The maximum atomic E-state index is 13.7. The normalized spacial score (nSPS) is 16.4. The molecule has 9 heteroatoms. The van der Waals surface area contributed by atoms with E-state index in [0.717, 1.165) is 11.6 Å². The molecule has 0 aromatic heterocycles. The quantitative estimate of drug-likeness (QED) is 0.755. The van der Waals surface area contributed by atoms with Gasteiger partial charge in [-0.2, -0.15) is 18.3 Å². The van der Waals surface area contributed by atoms with Gasteiger partial charge in [0.25, 0.3) is 5.91 Å². The Labute approximate surface area is 176 Å². The van der Waals surface area contributed by atoms with Crippen LogP contribution in [0.2, 0.25) is 0 Å². The third kappa shape index (κ3) is 4.60. The molecule has 1 aliphatic rings. The summed E-state index contributed by atoms with van der Waals surface area (Å²) in [6, 6.07) is 13.6. The van der Waals surface area contributed by atoms with Gasteiger partial charge in [0.1, 0.15) is 5.71 Å². The van der Waals surface area contributed by atoms with E-state index in [0.29, 0.717) is 0 Å². The molecule has 0 radical (unpaired) electrons. The molecule has 0 bridgehead atoms. The summed E-state index contributed by atoms with van der Waals surface area (Å²) >= 11 is 0. The van der Waals surface area contributed by atoms with Crippen LogP contribution >= 0.6 is 0 Å². The second-order valence-corrected chi connectivity index (χ2v) is 7.12. The van der Waals surface area contributed by atoms with E-state index in [9.17, 15) is 27.9 Å². The number of benzene rings is 2. The van der Waals surface area contributed by atoms with Crippen LogP contribution in [0.3, 0.4) is 0 Å². The van der Waals surface area contributed by atoms with E-state index in [1.807, 2.05) is 6.07 Å². The highest BCUT2D eigenvalue weighted by Gasteiger charge is 2.42. The molecule has 162 valence electrons. The van der Waals surface area contributed by atoms with Gasteiger partial charge < -0.3 is 10.0 Å². The Morgan fingerprint density at radius 3 is 2.32 bits per heavy atom. The highest BCUT2D eigenvalue weighted by atomic mass is 19.4. The Kier molecular flexibility index (Phi) is 6.14. The van der Waals surface area contributed by atoms with E-state index < -0.39 is 29.5 Å². The first-order chi connectivity index (χ1) is 14.6. The monoisotopic (exact) mass is 431 g/mol. The molecule has 6 nitrogen and oxygen atoms in total. The van der Waals surface area contributed by atoms with Crippen LogP contribution in [0.25, 0.3) is 0 Å². The minimum atomic E-state index is -4.73. The number of nitrogens with zero attached hydrogens (tertiary/aromatic N) is 2. The van der Waals surface area contributed by atoms with Crippen molar-refractivity contribution >= 4 is 17.6 Å². The van der Waals surface area contributed by atoms with E-state index >= 15 is 0 Å². The molecule has 3 rings (SSSR count). The molecule has 0 spiro atoms. The summed E-state index contributed by atoms with van der Waals surface area (Å²) in [6.07, 6.45) is -4.73. The number of allylic oxidation sites excluding steroid dienone is 1. The van der Waals surface area contributed by atoms with Crippen molar-refractivity contribution < 1.29 is 27.9 Å². The van der Waals surface area contributed by atoms with Gasteiger partial charge in [-0.05, 0) is 24.1 Å². The average Bonchev–Trinajstić information content (AvgIpc) is 2.72. The van der Waals surface area contributed by atoms with E-state index in [-0.39, 0.29) is 29.1 Å². The number of carboxylic acid groups (broad SMARTS) is 1. The zero-order valence-corrected chi connectivity index (χ0v) is 16.8. The second-order valence-electron chi connectivity index (χ2n) is 7.12. The van der Waals surface area contributed by atoms with Gasteiger partial charge in [-0.3, -0.25) is 10.2 Å². The third-order valence-corrected chi connectivity index (χ3v) is 4.95. The van der Waals surface area contributed by atoms with E-state index in [2.05, 4.69) is 10.5 Å². The Balaban J connectivity index is 2.08. The number of aliphatic carboxylic acids is 1. The molecule has 0 saturated heterocycles. The first-order valence-electron chi connectivity index (χ1n) is 9.34. The maximum Gasteiger partial charge on any atom is 0.416 e. The number of amides is 1. The van der Waals surface area contributed by atoms with Crippen molar-refractivity contribution in [2.24, 2.45) is 5.10 Å². The predicted molar refractivity (Wildman–Crippen MR) is 108 cm³/mol. The number of rotatable bonds is 5. The lowest BCUT2D eigenvalue weighted by Crippen LogP contribution is -2.41. The van der Waals surface area contributed by atoms with Crippen molar-refractivity contribution in [1.82, 2.24) is 10.3 Å². The van der Waals surface area contributed by atoms with Crippen LogP contribution < -0.4 is 5.43 Å². The minimum Gasteiger partial charge on any atom is -0.478 e. The van der Waals surface area contributed by atoms with Gasteiger partial charge >= 0.3 is 12.1 Å². The van der Waals surface area contributed by atoms with Crippen LogP contribution in [-0.4, -0.2) is 34.6 Å². The standard InChI is InChI=1S/C22H20F3N3O3/c1-13-17(21(30)31)18(15-10-6-7-11-16(15)22(23,24)25)19(27-26-13)20(29)28(2)12-14-8-4-3-5-9-14/h3-11,18,26H,12H2,1-2H3,(H,30,31). The molecule has 1 heterocycles. The fourth-order valence-corrected chi connectivity index (χ4v) is 3.51. The summed E-state index contributed by atoms with van der Waals surface area (Å²) in [4.78, 5) is 26.5. The molecule has 1 amide bonds. The Morgan fingerprint density at radius 1 is 1.10 bits per heavy atom. The first kappa shape index (κ1) is 22.1. The van der Waals surface area contributed by atoms with Crippen LogP contribution in [-0.2, 0) is 22.3 Å². The number of hydrazone groups is 1. The predicted octanol–water partition coefficient (Wildman–Crippen LogP) is 3.77. The van der Waals surface area contributed by atoms with E-state index in [1.54, 1.807) is 24.3 Å². The smallest absolute Gasteiger partial charge is 0.416 e. The molecule has 2 aromatic carbocycles. The second kappa shape index (κ2) is 8.63. The number of carbonyl (C=O) groups is 2. The highest BCUT2D eigenvalue weighted by Crippen LogP contribution is 2.40. The summed E-state index contributed by atoms with van der Waals surface area (Å²) in [7, 11) is 1.48. The molecule has 2 N–H and O–H groups in total. The Hall–Kier alpha value is -3.62. The number of carbonyl (C=O) groups excluding carboxylic acids is 1. The fraction of sp³-hybridized carbons (Fsp3) is 0.227. The number of alkyl halides is 3. The molecular weight excluding hydrogens is 411 g/mol.